The highest BCUT2D eigenvalue weighted by atomic mass is 16.5. The van der Waals surface area contributed by atoms with Gasteiger partial charge in [-0.25, -0.2) is 14.3 Å². The predicted octanol–water partition coefficient (Wildman–Crippen LogP) is 3.54. The molecular weight excluding hydrogens is 280 g/mol. The normalized spacial score (nSPS) is 10.6. The van der Waals surface area contributed by atoms with Crippen LogP contribution >= 0.6 is 0 Å². The Morgan fingerprint density at radius 1 is 1.14 bits per heavy atom. The van der Waals surface area contributed by atoms with E-state index in [0.717, 1.165) is 22.3 Å². The lowest BCUT2D eigenvalue weighted by atomic mass is 10.2. The van der Waals surface area contributed by atoms with E-state index in [4.69, 9.17) is 9.47 Å². The molecular formula is C17H16N2O3. The number of aromatic nitrogens is 2. The smallest absolute Gasteiger partial charge is 0.420 e. The number of hydrogen-bond acceptors (Lipinski definition) is 4. The summed E-state index contributed by atoms with van der Waals surface area (Å²) in [5.74, 6) is 1.38. The van der Waals surface area contributed by atoms with Crippen LogP contribution in [0.15, 0.2) is 48.5 Å². The van der Waals surface area contributed by atoms with Gasteiger partial charge in [-0.05, 0) is 36.8 Å². The number of ether oxygens (including phenoxy) is 2. The fraction of sp³-hybridized carbons (Fsp3) is 0.176. The van der Waals surface area contributed by atoms with Crippen LogP contribution in [0.1, 0.15) is 11.4 Å². The quantitative estimate of drug-likeness (QED) is 0.742. The van der Waals surface area contributed by atoms with Gasteiger partial charge in [0.1, 0.15) is 18.2 Å². The Kier molecular flexibility index (Phi) is 3.78. The van der Waals surface area contributed by atoms with Crippen LogP contribution < -0.4 is 4.74 Å². The number of carbonyl (C=O) groups is 1. The summed E-state index contributed by atoms with van der Waals surface area (Å²) >= 11 is 0. The molecule has 0 bridgehead atoms. The van der Waals surface area contributed by atoms with Gasteiger partial charge in [-0.15, -0.1) is 0 Å². The predicted molar refractivity (Wildman–Crippen MR) is 83.0 cm³/mol. The number of fused-ring (bicyclic) bond motifs is 1. The van der Waals surface area contributed by atoms with E-state index in [-0.39, 0.29) is 6.61 Å². The van der Waals surface area contributed by atoms with E-state index in [2.05, 4.69) is 4.98 Å². The molecule has 0 aliphatic carbocycles. The molecule has 0 spiro atoms. The molecule has 1 heterocycles. The third-order valence-corrected chi connectivity index (χ3v) is 3.43. The summed E-state index contributed by atoms with van der Waals surface area (Å²) in [6.07, 6.45) is -0.429. The van der Waals surface area contributed by atoms with E-state index in [1.54, 1.807) is 14.0 Å². The third kappa shape index (κ3) is 2.65. The zero-order chi connectivity index (χ0) is 15.5. The van der Waals surface area contributed by atoms with Gasteiger partial charge in [0.05, 0.1) is 18.1 Å². The van der Waals surface area contributed by atoms with Gasteiger partial charge >= 0.3 is 6.09 Å². The van der Waals surface area contributed by atoms with Crippen LogP contribution in [0.2, 0.25) is 0 Å². The fourth-order valence-corrected chi connectivity index (χ4v) is 2.31. The molecule has 3 rings (SSSR count). The number of nitrogens with zero attached hydrogens (tertiary/aromatic N) is 2. The topological polar surface area (TPSA) is 53.4 Å². The molecule has 5 heteroatoms. The monoisotopic (exact) mass is 296 g/mol. The first-order chi connectivity index (χ1) is 10.7. The van der Waals surface area contributed by atoms with E-state index in [9.17, 15) is 4.79 Å². The molecule has 0 atom stereocenters. The highest BCUT2D eigenvalue weighted by Gasteiger charge is 2.14. The van der Waals surface area contributed by atoms with Crippen LogP contribution in [0, 0.1) is 6.92 Å². The first-order valence-electron chi connectivity index (χ1n) is 6.93. The number of hydrogen-bond donors (Lipinski definition) is 0. The van der Waals surface area contributed by atoms with Crippen molar-refractivity contribution in [2.75, 3.05) is 7.11 Å². The number of imidazole rings is 1. The molecule has 2 aromatic carbocycles. The van der Waals surface area contributed by atoms with Gasteiger partial charge in [-0.1, -0.05) is 24.3 Å². The van der Waals surface area contributed by atoms with E-state index >= 15 is 0 Å². The second-order valence-corrected chi connectivity index (χ2v) is 4.89. The Hall–Kier alpha value is -2.82. The van der Waals surface area contributed by atoms with Crippen LogP contribution in [0.25, 0.3) is 11.0 Å². The molecule has 0 aliphatic heterocycles. The summed E-state index contributed by atoms with van der Waals surface area (Å²) in [5.41, 5.74) is 2.43. The molecule has 112 valence electrons. The van der Waals surface area contributed by atoms with Crippen molar-refractivity contribution in [1.82, 2.24) is 9.55 Å². The van der Waals surface area contributed by atoms with Gasteiger partial charge in [-0.3, -0.25) is 0 Å². The number of rotatable bonds is 3. The summed E-state index contributed by atoms with van der Waals surface area (Å²) in [6, 6.07) is 14.9. The van der Waals surface area contributed by atoms with Crippen molar-refractivity contribution >= 4 is 17.1 Å². The van der Waals surface area contributed by atoms with E-state index in [1.807, 2.05) is 48.5 Å². The Balaban J connectivity index is 1.77. The van der Waals surface area contributed by atoms with Crippen LogP contribution in [0.5, 0.6) is 5.75 Å². The number of aryl methyl sites for hydroxylation is 1. The van der Waals surface area contributed by atoms with Crippen molar-refractivity contribution in [2.24, 2.45) is 0 Å². The van der Waals surface area contributed by atoms with Crippen LogP contribution in [0.3, 0.4) is 0 Å². The number of carbonyl (C=O) groups excluding carboxylic acids is 1. The Bertz CT molecular complexity index is 806. The minimum Gasteiger partial charge on any atom is -0.497 e. The number of benzene rings is 2. The van der Waals surface area contributed by atoms with Crippen molar-refractivity contribution in [3.05, 3.63) is 59.9 Å². The molecule has 0 unspecified atom stereocenters. The van der Waals surface area contributed by atoms with Gasteiger partial charge in [0.25, 0.3) is 0 Å². The molecule has 0 saturated carbocycles. The van der Waals surface area contributed by atoms with Crippen molar-refractivity contribution in [3.63, 3.8) is 0 Å². The van der Waals surface area contributed by atoms with Crippen molar-refractivity contribution in [2.45, 2.75) is 13.5 Å². The summed E-state index contributed by atoms with van der Waals surface area (Å²) in [5, 5.41) is 0. The lowest BCUT2D eigenvalue weighted by Crippen LogP contribution is -2.15. The molecule has 0 aliphatic rings. The SMILES string of the molecule is COc1ccc(COC(=O)n2c(C)nc3ccccc32)cc1. The summed E-state index contributed by atoms with van der Waals surface area (Å²) < 4.78 is 12.0. The van der Waals surface area contributed by atoms with Crippen molar-refractivity contribution < 1.29 is 14.3 Å². The molecule has 0 N–H and O–H groups in total. The van der Waals surface area contributed by atoms with Crippen molar-refractivity contribution in [3.8, 4) is 5.75 Å². The highest BCUT2D eigenvalue weighted by molar-refractivity contribution is 5.87. The molecule has 22 heavy (non-hydrogen) atoms. The first kappa shape index (κ1) is 14.1. The average Bonchev–Trinajstić information content (AvgIpc) is 2.89. The Morgan fingerprint density at radius 3 is 2.59 bits per heavy atom. The van der Waals surface area contributed by atoms with E-state index in [0.29, 0.717) is 5.82 Å². The lowest BCUT2D eigenvalue weighted by Gasteiger charge is -2.08. The van der Waals surface area contributed by atoms with Crippen LogP contribution in [-0.2, 0) is 11.3 Å². The maximum absolute atomic E-state index is 12.3. The minimum absolute atomic E-state index is 0.203. The zero-order valence-electron chi connectivity index (χ0n) is 12.4. The summed E-state index contributed by atoms with van der Waals surface area (Å²) in [6.45, 7) is 1.99. The minimum atomic E-state index is -0.429. The second-order valence-electron chi connectivity index (χ2n) is 4.89. The maximum atomic E-state index is 12.3. The molecule has 0 radical (unpaired) electrons. The van der Waals surface area contributed by atoms with Crippen LogP contribution in [-0.4, -0.2) is 22.8 Å². The number of para-hydroxylation sites is 2. The summed E-state index contributed by atoms with van der Waals surface area (Å²) in [7, 11) is 1.61. The lowest BCUT2D eigenvalue weighted by molar-refractivity contribution is 0.141. The standard InChI is InChI=1S/C17H16N2O3/c1-12-18-15-5-3-4-6-16(15)19(12)17(20)22-11-13-7-9-14(21-2)10-8-13/h3-10H,11H2,1-2H3. The molecule has 3 aromatic rings. The second kappa shape index (κ2) is 5.89. The highest BCUT2D eigenvalue weighted by Crippen LogP contribution is 2.17. The zero-order valence-corrected chi connectivity index (χ0v) is 12.4. The maximum Gasteiger partial charge on any atom is 0.420 e. The molecule has 0 fully saturated rings. The Labute approximate surface area is 128 Å². The van der Waals surface area contributed by atoms with Gasteiger partial charge < -0.3 is 9.47 Å². The molecule has 1 aromatic heterocycles. The molecule has 0 saturated heterocycles. The third-order valence-electron chi connectivity index (χ3n) is 3.43. The van der Waals surface area contributed by atoms with Gasteiger partial charge in [0.15, 0.2) is 0 Å². The first-order valence-corrected chi connectivity index (χ1v) is 6.93. The van der Waals surface area contributed by atoms with Crippen LogP contribution in [0.4, 0.5) is 4.79 Å². The van der Waals surface area contributed by atoms with E-state index < -0.39 is 6.09 Å². The molecule has 5 nitrogen and oxygen atoms in total. The fourth-order valence-electron chi connectivity index (χ4n) is 2.31. The van der Waals surface area contributed by atoms with E-state index in [1.165, 1.54) is 4.57 Å². The average molecular weight is 296 g/mol. The van der Waals surface area contributed by atoms with Gasteiger partial charge in [0.2, 0.25) is 0 Å². The summed E-state index contributed by atoms with van der Waals surface area (Å²) in [4.78, 5) is 16.7. The van der Waals surface area contributed by atoms with Gasteiger partial charge in [0, 0.05) is 0 Å². The van der Waals surface area contributed by atoms with Crippen molar-refractivity contribution in [1.29, 1.82) is 0 Å². The number of methoxy groups -OCH3 is 1. The molecule has 0 amide bonds. The van der Waals surface area contributed by atoms with Gasteiger partial charge in [-0.2, -0.15) is 0 Å². The largest absolute Gasteiger partial charge is 0.497 e. The Morgan fingerprint density at radius 2 is 1.86 bits per heavy atom.